The topological polar surface area (TPSA) is 31.2 Å². The van der Waals surface area contributed by atoms with Crippen molar-refractivity contribution < 1.29 is 9.53 Å². The zero-order valence-corrected chi connectivity index (χ0v) is 11.2. The van der Waals surface area contributed by atoms with Gasteiger partial charge < -0.3 is 9.30 Å². The van der Waals surface area contributed by atoms with Crippen LogP contribution < -0.4 is 0 Å². The normalized spacial score (nSPS) is 14.3. The number of aromatic nitrogens is 1. The maximum absolute atomic E-state index is 11.4. The molecule has 16 heavy (non-hydrogen) atoms. The number of carbonyl (C=O) groups is 1. The standard InChI is InChI=1S/C10H10ClNO2S2/c1-3-12-8(11)4-6-9(12)15-5-7(16-6)10(13)14-2/h4-5H,3H2,1-2H3. The molecule has 0 atom stereocenters. The summed E-state index contributed by atoms with van der Waals surface area (Å²) in [5.74, 6) is -0.302. The smallest absolute Gasteiger partial charge is 0.345 e. The number of thioether (sulfide) groups is 2. The van der Waals surface area contributed by atoms with E-state index >= 15 is 0 Å². The Morgan fingerprint density at radius 1 is 1.62 bits per heavy atom. The second-order valence-corrected chi connectivity index (χ2v) is 5.40. The predicted octanol–water partition coefficient (Wildman–Crippen LogP) is 3.37. The Hall–Kier alpha value is -0.520. The maximum Gasteiger partial charge on any atom is 0.345 e. The molecule has 6 heteroatoms. The molecule has 0 saturated heterocycles. The highest BCUT2D eigenvalue weighted by molar-refractivity contribution is 8.09. The maximum atomic E-state index is 11.4. The fourth-order valence-electron chi connectivity index (χ4n) is 1.41. The molecule has 0 N–H and O–H groups in total. The molecule has 0 bridgehead atoms. The molecule has 1 aromatic rings. The van der Waals surface area contributed by atoms with Crippen molar-refractivity contribution in [3.05, 3.63) is 21.5 Å². The fraction of sp³-hybridized carbons (Fsp3) is 0.300. The van der Waals surface area contributed by atoms with Crippen LogP contribution in [0, 0.1) is 0 Å². The van der Waals surface area contributed by atoms with Gasteiger partial charge in [0.25, 0.3) is 0 Å². The van der Waals surface area contributed by atoms with Crippen LogP contribution in [-0.2, 0) is 16.1 Å². The summed E-state index contributed by atoms with van der Waals surface area (Å²) in [5.41, 5.74) is 0. The van der Waals surface area contributed by atoms with Crippen molar-refractivity contribution in [2.24, 2.45) is 0 Å². The van der Waals surface area contributed by atoms with Crippen molar-refractivity contribution in [2.75, 3.05) is 7.11 Å². The molecular weight excluding hydrogens is 266 g/mol. The van der Waals surface area contributed by atoms with Gasteiger partial charge in [-0.3, -0.25) is 0 Å². The minimum Gasteiger partial charge on any atom is -0.465 e. The minimum absolute atomic E-state index is 0.302. The Morgan fingerprint density at radius 3 is 3.00 bits per heavy atom. The number of nitrogens with zero attached hydrogens (tertiary/aromatic N) is 1. The van der Waals surface area contributed by atoms with E-state index in [0.29, 0.717) is 10.1 Å². The first-order valence-corrected chi connectivity index (χ1v) is 6.76. The molecule has 0 radical (unpaired) electrons. The summed E-state index contributed by atoms with van der Waals surface area (Å²) >= 11 is 9.00. The zero-order valence-electron chi connectivity index (χ0n) is 8.82. The predicted molar refractivity (Wildman–Crippen MR) is 66.9 cm³/mol. The van der Waals surface area contributed by atoms with Crippen molar-refractivity contribution in [3.8, 4) is 0 Å². The van der Waals surface area contributed by atoms with Gasteiger partial charge in [0.05, 0.1) is 12.1 Å². The molecule has 86 valence electrons. The lowest BCUT2D eigenvalue weighted by molar-refractivity contribution is -0.135. The highest BCUT2D eigenvalue weighted by atomic mass is 35.5. The average Bonchev–Trinajstić information content (AvgIpc) is 2.62. The van der Waals surface area contributed by atoms with E-state index in [2.05, 4.69) is 4.74 Å². The minimum atomic E-state index is -0.302. The van der Waals surface area contributed by atoms with Crippen molar-refractivity contribution in [1.82, 2.24) is 4.57 Å². The second kappa shape index (κ2) is 4.77. The Labute approximate surface area is 107 Å². The lowest BCUT2D eigenvalue weighted by Gasteiger charge is -2.13. The van der Waals surface area contributed by atoms with E-state index in [1.54, 1.807) is 5.41 Å². The molecule has 2 rings (SSSR count). The van der Waals surface area contributed by atoms with Crippen LogP contribution in [0.3, 0.4) is 0 Å². The number of halogens is 1. The largest absolute Gasteiger partial charge is 0.465 e. The number of fused-ring (bicyclic) bond motifs is 1. The number of ether oxygens (including phenoxy) is 1. The van der Waals surface area contributed by atoms with E-state index in [1.807, 2.05) is 17.6 Å². The number of carbonyl (C=O) groups excluding carboxylic acids is 1. The number of rotatable bonds is 2. The van der Waals surface area contributed by atoms with Gasteiger partial charge >= 0.3 is 5.97 Å². The monoisotopic (exact) mass is 275 g/mol. The summed E-state index contributed by atoms with van der Waals surface area (Å²) in [7, 11) is 1.38. The van der Waals surface area contributed by atoms with Crippen LogP contribution >= 0.6 is 35.1 Å². The second-order valence-electron chi connectivity index (χ2n) is 3.07. The van der Waals surface area contributed by atoms with Crippen molar-refractivity contribution in [1.29, 1.82) is 0 Å². The molecule has 0 amide bonds. The van der Waals surface area contributed by atoms with Crippen LogP contribution in [-0.4, -0.2) is 17.6 Å². The third kappa shape index (κ3) is 1.99. The van der Waals surface area contributed by atoms with Crippen molar-refractivity contribution in [3.63, 3.8) is 0 Å². The molecule has 0 spiro atoms. The summed E-state index contributed by atoms with van der Waals surface area (Å²) in [5, 5.41) is 3.60. The Kier molecular flexibility index (Phi) is 3.56. The van der Waals surface area contributed by atoms with E-state index in [1.165, 1.54) is 30.6 Å². The molecular formula is C10H10ClNO2S2. The summed E-state index contributed by atoms with van der Waals surface area (Å²) in [6, 6.07) is 1.88. The third-order valence-corrected chi connectivity index (χ3v) is 4.81. The number of hydrogen-bond acceptors (Lipinski definition) is 4. The van der Waals surface area contributed by atoms with Crippen LogP contribution in [0.4, 0.5) is 0 Å². The van der Waals surface area contributed by atoms with Gasteiger partial charge in [0, 0.05) is 11.4 Å². The Morgan fingerprint density at radius 2 is 2.38 bits per heavy atom. The first-order valence-electron chi connectivity index (χ1n) is 4.69. The molecule has 3 nitrogen and oxygen atoms in total. The lowest BCUT2D eigenvalue weighted by Crippen LogP contribution is -2.04. The van der Waals surface area contributed by atoms with Crippen LogP contribution in [0.1, 0.15) is 6.92 Å². The number of methoxy groups -OCH3 is 1. The van der Waals surface area contributed by atoms with Gasteiger partial charge in [-0.2, -0.15) is 0 Å². The van der Waals surface area contributed by atoms with Gasteiger partial charge in [-0.15, -0.1) is 0 Å². The Balaban J connectivity index is 2.31. The molecule has 0 aliphatic carbocycles. The van der Waals surface area contributed by atoms with Crippen LogP contribution in [0.15, 0.2) is 26.3 Å². The van der Waals surface area contributed by atoms with E-state index < -0.39 is 0 Å². The number of hydrogen-bond donors (Lipinski definition) is 0. The summed E-state index contributed by atoms with van der Waals surface area (Å²) < 4.78 is 6.70. The lowest BCUT2D eigenvalue weighted by atomic mass is 10.6. The first kappa shape index (κ1) is 12.0. The van der Waals surface area contributed by atoms with E-state index in [-0.39, 0.29) is 5.97 Å². The quantitative estimate of drug-likeness (QED) is 0.775. The zero-order chi connectivity index (χ0) is 11.7. The van der Waals surface area contributed by atoms with Crippen LogP contribution in [0.2, 0.25) is 5.15 Å². The molecule has 0 fully saturated rings. The van der Waals surface area contributed by atoms with Crippen LogP contribution in [0.5, 0.6) is 0 Å². The number of esters is 1. The SMILES string of the molecule is CCn1c(Cl)cc2c1SC=C(C(=O)OC)S2. The first-order chi connectivity index (χ1) is 7.67. The highest BCUT2D eigenvalue weighted by Crippen LogP contribution is 2.45. The molecule has 1 aromatic heterocycles. The molecule has 1 aliphatic heterocycles. The van der Waals surface area contributed by atoms with E-state index in [9.17, 15) is 4.79 Å². The average molecular weight is 276 g/mol. The Bertz CT molecular complexity index is 468. The van der Waals surface area contributed by atoms with Gasteiger partial charge in [-0.1, -0.05) is 35.1 Å². The van der Waals surface area contributed by atoms with E-state index in [4.69, 9.17) is 11.6 Å². The third-order valence-electron chi connectivity index (χ3n) is 2.16. The van der Waals surface area contributed by atoms with Gasteiger partial charge in [-0.05, 0) is 18.4 Å². The summed E-state index contributed by atoms with van der Waals surface area (Å²) in [6.07, 6.45) is 0. The molecule has 1 aliphatic rings. The fourth-order valence-corrected chi connectivity index (χ4v) is 4.06. The molecule has 0 unspecified atom stereocenters. The van der Waals surface area contributed by atoms with Crippen LogP contribution in [0.25, 0.3) is 0 Å². The van der Waals surface area contributed by atoms with E-state index in [0.717, 1.165) is 16.5 Å². The van der Waals surface area contributed by atoms with Gasteiger partial charge in [-0.25, -0.2) is 4.79 Å². The summed E-state index contributed by atoms with van der Waals surface area (Å²) in [6.45, 7) is 2.86. The van der Waals surface area contributed by atoms with Gasteiger partial charge in [0.1, 0.15) is 10.1 Å². The summed E-state index contributed by atoms with van der Waals surface area (Å²) in [4.78, 5) is 13.0. The van der Waals surface area contributed by atoms with Gasteiger partial charge in [0.15, 0.2) is 0 Å². The molecule has 2 heterocycles. The van der Waals surface area contributed by atoms with Crippen molar-refractivity contribution >= 4 is 41.1 Å². The van der Waals surface area contributed by atoms with Gasteiger partial charge in [0.2, 0.25) is 0 Å². The van der Waals surface area contributed by atoms with Crippen molar-refractivity contribution in [2.45, 2.75) is 23.4 Å². The highest BCUT2D eigenvalue weighted by Gasteiger charge is 2.23. The molecule has 0 saturated carbocycles. The molecule has 0 aromatic carbocycles.